The van der Waals surface area contributed by atoms with Crippen molar-refractivity contribution < 1.29 is 5.11 Å². The summed E-state index contributed by atoms with van der Waals surface area (Å²) in [5.74, 6) is 0. The largest absolute Gasteiger partial charge is 0.389 e. The van der Waals surface area contributed by atoms with Crippen LogP contribution in [0.15, 0.2) is 12.7 Å². The maximum atomic E-state index is 10.5. The van der Waals surface area contributed by atoms with Gasteiger partial charge in [-0.15, -0.1) is 6.58 Å². The molecule has 0 aromatic rings. The van der Waals surface area contributed by atoms with E-state index in [0.717, 1.165) is 45.2 Å². The average Bonchev–Trinajstić information content (AvgIpc) is 2.33. The van der Waals surface area contributed by atoms with Gasteiger partial charge in [-0.25, -0.2) is 0 Å². The summed E-state index contributed by atoms with van der Waals surface area (Å²) in [5.41, 5.74) is -0.0203. The summed E-state index contributed by atoms with van der Waals surface area (Å²) in [6, 6.07) is 0. The van der Waals surface area contributed by atoms with Gasteiger partial charge in [0.1, 0.15) is 0 Å². The van der Waals surface area contributed by atoms with E-state index in [1.54, 1.807) is 0 Å². The van der Waals surface area contributed by atoms with E-state index in [1.165, 1.54) is 19.3 Å². The number of allylic oxidation sites excluding steroid dienone is 1. The molecular formula is C16H31NO. The zero-order valence-corrected chi connectivity index (χ0v) is 12.3. The normalized spacial score (nSPS) is 21.7. The highest BCUT2D eigenvalue weighted by Crippen LogP contribution is 2.39. The minimum Gasteiger partial charge on any atom is -0.389 e. The Bertz CT molecular complexity index is 237. The van der Waals surface area contributed by atoms with Crippen molar-refractivity contribution in [2.45, 2.75) is 70.8 Å². The lowest BCUT2D eigenvalue weighted by Crippen LogP contribution is -2.45. The third-order valence-electron chi connectivity index (χ3n) is 4.25. The Labute approximate surface area is 113 Å². The molecular weight excluding hydrogens is 222 g/mol. The SMILES string of the molecule is C=CCCCCCNCC1(O)CCC(C)(C)CC1. The molecule has 1 fully saturated rings. The summed E-state index contributed by atoms with van der Waals surface area (Å²) in [4.78, 5) is 0. The second-order valence-electron chi connectivity index (χ2n) is 6.70. The van der Waals surface area contributed by atoms with Gasteiger partial charge in [0.2, 0.25) is 0 Å². The van der Waals surface area contributed by atoms with Crippen LogP contribution >= 0.6 is 0 Å². The van der Waals surface area contributed by atoms with E-state index >= 15 is 0 Å². The predicted octanol–water partition coefficient (Wildman–Crippen LogP) is 3.65. The summed E-state index contributed by atoms with van der Waals surface area (Å²) in [6.07, 6.45) is 11.0. The first kappa shape index (κ1) is 15.7. The highest BCUT2D eigenvalue weighted by Gasteiger charge is 2.36. The van der Waals surface area contributed by atoms with Crippen molar-refractivity contribution in [1.82, 2.24) is 5.32 Å². The minimum absolute atomic E-state index is 0.427. The van der Waals surface area contributed by atoms with Gasteiger partial charge in [-0.2, -0.15) is 0 Å². The smallest absolute Gasteiger partial charge is 0.0772 e. The Hall–Kier alpha value is -0.340. The standard InChI is InChI=1S/C16H31NO/c1-4-5-6-7-8-13-17-14-16(18)11-9-15(2,3)10-12-16/h4,17-18H,1,5-14H2,2-3H3. The fourth-order valence-corrected chi connectivity index (χ4v) is 2.61. The summed E-state index contributed by atoms with van der Waals surface area (Å²) in [5, 5.41) is 13.9. The summed E-state index contributed by atoms with van der Waals surface area (Å²) < 4.78 is 0. The lowest BCUT2D eigenvalue weighted by atomic mass is 9.71. The molecule has 0 aromatic heterocycles. The van der Waals surface area contributed by atoms with Gasteiger partial charge in [-0.3, -0.25) is 0 Å². The lowest BCUT2D eigenvalue weighted by molar-refractivity contribution is -0.0241. The van der Waals surface area contributed by atoms with Crippen LogP contribution in [0.4, 0.5) is 0 Å². The van der Waals surface area contributed by atoms with E-state index in [0.29, 0.717) is 5.41 Å². The molecule has 0 atom stereocenters. The van der Waals surface area contributed by atoms with E-state index in [9.17, 15) is 5.11 Å². The Kier molecular flexibility index (Phi) is 6.37. The fourth-order valence-electron chi connectivity index (χ4n) is 2.61. The first-order chi connectivity index (χ1) is 8.47. The molecule has 1 aliphatic carbocycles. The molecule has 0 spiro atoms. The topological polar surface area (TPSA) is 32.3 Å². The number of hydrogen-bond acceptors (Lipinski definition) is 2. The Balaban J connectivity index is 2.06. The van der Waals surface area contributed by atoms with E-state index in [2.05, 4.69) is 25.7 Å². The van der Waals surface area contributed by atoms with Crippen molar-refractivity contribution >= 4 is 0 Å². The molecule has 18 heavy (non-hydrogen) atoms. The lowest BCUT2D eigenvalue weighted by Gasteiger charge is -2.40. The number of hydrogen-bond donors (Lipinski definition) is 2. The minimum atomic E-state index is -0.448. The van der Waals surface area contributed by atoms with Gasteiger partial charge in [0, 0.05) is 6.54 Å². The second kappa shape index (κ2) is 7.30. The van der Waals surface area contributed by atoms with Crippen molar-refractivity contribution in [3.05, 3.63) is 12.7 Å². The highest BCUT2D eigenvalue weighted by atomic mass is 16.3. The van der Waals surface area contributed by atoms with Gasteiger partial charge in [0.15, 0.2) is 0 Å². The van der Waals surface area contributed by atoms with Crippen molar-refractivity contribution in [2.24, 2.45) is 5.41 Å². The van der Waals surface area contributed by atoms with E-state index in [-0.39, 0.29) is 0 Å². The van der Waals surface area contributed by atoms with Crippen LogP contribution in [0, 0.1) is 5.41 Å². The molecule has 1 saturated carbocycles. The van der Waals surface area contributed by atoms with Gasteiger partial charge >= 0.3 is 0 Å². The van der Waals surface area contributed by atoms with Crippen LogP contribution in [-0.2, 0) is 0 Å². The summed E-state index contributed by atoms with van der Waals surface area (Å²) in [6.45, 7) is 10.1. The van der Waals surface area contributed by atoms with Crippen LogP contribution in [0.1, 0.15) is 65.2 Å². The first-order valence-corrected chi connectivity index (χ1v) is 7.51. The first-order valence-electron chi connectivity index (χ1n) is 7.51. The third kappa shape index (κ3) is 6.01. The van der Waals surface area contributed by atoms with Gasteiger partial charge in [0.05, 0.1) is 5.60 Å². The summed E-state index contributed by atoms with van der Waals surface area (Å²) >= 11 is 0. The van der Waals surface area contributed by atoms with Crippen LogP contribution in [0.3, 0.4) is 0 Å². The van der Waals surface area contributed by atoms with Crippen LogP contribution in [0.25, 0.3) is 0 Å². The summed E-state index contributed by atoms with van der Waals surface area (Å²) in [7, 11) is 0. The van der Waals surface area contributed by atoms with Gasteiger partial charge in [0.25, 0.3) is 0 Å². The highest BCUT2D eigenvalue weighted by molar-refractivity contribution is 4.90. The molecule has 0 amide bonds. The molecule has 106 valence electrons. The Morgan fingerprint density at radius 3 is 2.39 bits per heavy atom. The molecule has 0 saturated heterocycles. The quantitative estimate of drug-likeness (QED) is 0.511. The van der Waals surface area contributed by atoms with Gasteiger partial charge in [-0.1, -0.05) is 26.3 Å². The number of aliphatic hydroxyl groups is 1. The maximum Gasteiger partial charge on any atom is 0.0772 e. The number of nitrogens with one attached hydrogen (secondary N) is 1. The van der Waals surface area contributed by atoms with Gasteiger partial charge < -0.3 is 10.4 Å². The van der Waals surface area contributed by atoms with Crippen LogP contribution in [0.2, 0.25) is 0 Å². The number of unbranched alkanes of at least 4 members (excludes halogenated alkanes) is 3. The monoisotopic (exact) mass is 253 g/mol. The van der Waals surface area contributed by atoms with Crippen LogP contribution < -0.4 is 5.32 Å². The zero-order valence-electron chi connectivity index (χ0n) is 12.3. The molecule has 2 nitrogen and oxygen atoms in total. The van der Waals surface area contributed by atoms with E-state index in [4.69, 9.17) is 0 Å². The average molecular weight is 253 g/mol. The van der Waals surface area contributed by atoms with E-state index < -0.39 is 5.60 Å². The van der Waals surface area contributed by atoms with Gasteiger partial charge in [-0.05, 0) is 56.9 Å². The second-order valence-corrected chi connectivity index (χ2v) is 6.70. The Morgan fingerprint density at radius 1 is 1.11 bits per heavy atom. The van der Waals surface area contributed by atoms with Crippen LogP contribution in [0.5, 0.6) is 0 Å². The molecule has 1 rings (SSSR count). The fraction of sp³-hybridized carbons (Fsp3) is 0.875. The third-order valence-corrected chi connectivity index (χ3v) is 4.25. The van der Waals surface area contributed by atoms with Crippen molar-refractivity contribution in [3.8, 4) is 0 Å². The molecule has 0 bridgehead atoms. The van der Waals surface area contributed by atoms with Crippen molar-refractivity contribution in [1.29, 1.82) is 0 Å². The number of rotatable bonds is 8. The maximum absolute atomic E-state index is 10.5. The molecule has 0 aromatic carbocycles. The zero-order chi connectivity index (χ0) is 13.5. The predicted molar refractivity (Wildman–Crippen MR) is 78.7 cm³/mol. The molecule has 0 heterocycles. The molecule has 2 heteroatoms. The Morgan fingerprint density at radius 2 is 1.78 bits per heavy atom. The molecule has 2 N–H and O–H groups in total. The van der Waals surface area contributed by atoms with Crippen molar-refractivity contribution in [3.63, 3.8) is 0 Å². The molecule has 1 aliphatic rings. The van der Waals surface area contributed by atoms with E-state index in [1.807, 2.05) is 6.08 Å². The molecule has 0 unspecified atom stereocenters. The van der Waals surface area contributed by atoms with Crippen molar-refractivity contribution in [2.75, 3.05) is 13.1 Å². The van der Waals surface area contributed by atoms with Crippen LogP contribution in [-0.4, -0.2) is 23.8 Å². The molecule has 0 aliphatic heterocycles. The molecule has 0 radical (unpaired) electrons.